The van der Waals surface area contributed by atoms with Gasteiger partial charge in [-0.1, -0.05) is 51.8 Å². The van der Waals surface area contributed by atoms with Gasteiger partial charge in [-0.3, -0.25) is 9.59 Å². The number of nitrogens with zero attached hydrogens (tertiary/aromatic N) is 4. The zero-order valence-electron chi connectivity index (χ0n) is 31.6. The molecule has 54 heavy (non-hydrogen) atoms. The molecule has 2 aromatic heterocycles. The Kier molecular flexibility index (Phi) is 11.5. The first kappa shape index (κ1) is 37.9. The van der Waals surface area contributed by atoms with E-state index in [1.54, 1.807) is 11.1 Å². The lowest BCUT2D eigenvalue weighted by Crippen LogP contribution is -2.51. The number of nitrogens with one attached hydrogen (secondary N) is 4. The second-order valence-electron chi connectivity index (χ2n) is 14.5. The molecule has 0 radical (unpaired) electrons. The molecule has 0 spiro atoms. The second kappa shape index (κ2) is 16.4. The van der Waals surface area contributed by atoms with Gasteiger partial charge in [-0.05, 0) is 78.8 Å². The number of carbonyl (C=O) groups excluding carboxylic acids is 4. The molecule has 6 rings (SSSR count). The fraction of sp³-hybridized carbons (Fsp3) is 0.450. The zero-order chi connectivity index (χ0) is 38.5. The lowest BCUT2D eigenvalue weighted by molar-refractivity contribution is -0.136. The van der Waals surface area contributed by atoms with Crippen molar-refractivity contribution in [1.82, 2.24) is 40.4 Å². The fourth-order valence-corrected chi connectivity index (χ4v) is 7.20. The number of ether oxygens (including phenoxy) is 2. The van der Waals surface area contributed by atoms with Crippen LogP contribution < -0.4 is 10.6 Å². The molecule has 14 heteroatoms. The maximum absolute atomic E-state index is 13.6. The summed E-state index contributed by atoms with van der Waals surface area (Å²) in [6.07, 6.45) is 3.63. The maximum Gasteiger partial charge on any atom is 0.407 e. The molecule has 4 amide bonds. The Hall–Kier alpha value is -5.84. The van der Waals surface area contributed by atoms with Crippen LogP contribution in [0.3, 0.4) is 0 Å². The molecule has 4 aromatic rings. The van der Waals surface area contributed by atoms with Gasteiger partial charge >= 0.3 is 12.2 Å². The number of fused-ring (bicyclic) bond motifs is 1. The van der Waals surface area contributed by atoms with E-state index in [0.717, 1.165) is 59.2 Å². The summed E-state index contributed by atoms with van der Waals surface area (Å²) in [6, 6.07) is 12.2. The summed E-state index contributed by atoms with van der Waals surface area (Å²) in [4.78, 5) is 70.6. The van der Waals surface area contributed by atoms with Crippen molar-refractivity contribution in [3.05, 3.63) is 71.6 Å². The van der Waals surface area contributed by atoms with Gasteiger partial charge in [-0.2, -0.15) is 0 Å². The Morgan fingerprint density at radius 3 is 1.87 bits per heavy atom. The van der Waals surface area contributed by atoms with Crippen LogP contribution in [0.5, 0.6) is 0 Å². The average Bonchev–Trinajstić information content (AvgIpc) is 4.00. The summed E-state index contributed by atoms with van der Waals surface area (Å²) in [6.45, 7) is 8.74. The number of amides is 4. The van der Waals surface area contributed by atoms with Crippen LogP contribution in [-0.2, 0) is 19.1 Å². The van der Waals surface area contributed by atoms with Crippen molar-refractivity contribution >= 4 is 35.0 Å². The van der Waals surface area contributed by atoms with Gasteiger partial charge < -0.3 is 39.9 Å². The van der Waals surface area contributed by atoms with E-state index in [2.05, 4.69) is 37.4 Å². The zero-order valence-corrected chi connectivity index (χ0v) is 31.6. The molecular formula is C40H48N8O6. The van der Waals surface area contributed by atoms with E-state index < -0.39 is 24.3 Å². The largest absolute Gasteiger partial charge is 0.453 e. The summed E-state index contributed by atoms with van der Waals surface area (Å²) in [5.74, 6) is 7.23. The Morgan fingerprint density at radius 2 is 1.31 bits per heavy atom. The van der Waals surface area contributed by atoms with Gasteiger partial charge in [0.25, 0.3) is 0 Å². The molecule has 14 nitrogen and oxygen atoms in total. The minimum absolute atomic E-state index is 0.110. The molecular weight excluding hydrogens is 688 g/mol. The summed E-state index contributed by atoms with van der Waals surface area (Å²) in [7, 11) is 2.57. The lowest BCUT2D eigenvalue weighted by Gasteiger charge is -2.29. The third kappa shape index (κ3) is 8.20. The average molecular weight is 737 g/mol. The van der Waals surface area contributed by atoms with E-state index in [0.29, 0.717) is 24.6 Å². The van der Waals surface area contributed by atoms with Crippen molar-refractivity contribution in [2.45, 2.75) is 77.5 Å². The van der Waals surface area contributed by atoms with Gasteiger partial charge in [0, 0.05) is 18.7 Å². The number of benzene rings is 2. The van der Waals surface area contributed by atoms with Crippen LogP contribution in [-0.4, -0.2) is 93.1 Å². The molecule has 0 aliphatic carbocycles. The number of hydrogen-bond acceptors (Lipinski definition) is 8. The van der Waals surface area contributed by atoms with Crippen molar-refractivity contribution in [2.75, 3.05) is 27.3 Å². The fourth-order valence-electron chi connectivity index (χ4n) is 7.20. The highest BCUT2D eigenvalue weighted by atomic mass is 16.5. The molecule has 4 heterocycles. The standard InChI is InChI=1S/C40H48N8O6/c1-23(2)33(45-39(51)53-5)37(49)47-19-7-9-31(47)35-41-22-28(42-35)17-13-25-11-14-26(15-12-25)27-16-18-29-30(21-27)44-36(43-29)32-10-8-20-48(32)38(50)34(24(3)4)46-40(52)54-6/h11-12,14-16,18,21-24,31-34H,7-10,19-20H2,1-6H3,(H,41,42)(H,43,44)(H,45,51)(H,46,52)/t31-,32-,33-,34-/m0/s1. The van der Waals surface area contributed by atoms with Crippen LogP contribution in [0.25, 0.3) is 22.2 Å². The number of methoxy groups -OCH3 is 2. The second-order valence-corrected chi connectivity index (χ2v) is 14.5. The Balaban J connectivity index is 1.12. The highest BCUT2D eigenvalue weighted by molar-refractivity contribution is 5.87. The minimum Gasteiger partial charge on any atom is -0.453 e. The summed E-state index contributed by atoms with van der Waals surface area (Å²) < 4.78 is 9.49. The lowest BCUT2D eigenvalue weighted by atomic mass is 10.0. The predicted molar refractivity (Wildman–Crippen MR) is 202 cm³/mol. The molecule has 2 aliphatic rings. The topological polar surface area (TPSA) is 175 Å². The van der Waals surface area contributed by atoms with E-state index >= 15 is 0 Å². The summed E-state index contributed by atoms with van der Waals surface area (Å²) in [5.41, 5.74) is 5.16. The monoisotopic (exact) mass is 736 g/mol. The van der Waals surface area contributed by atoms with Crippen LogP contribution in [0.2, 0.25) is 0 Å². The first-order valence-corrected chi connectivity index (χ1v) is 18.4. The van der Waals surface area contributed by atoms with Crippen molar-refractivity contribution < 1.29 is 28.7 Å². The third-order valence-corrected chi connectivity index (χ3v) is 10.1. The molecule has 284 valence electrons. The van der Waals surface area contributed by atoms with Crippen LogP contribution in [0.15, 0.2) is 48.7 Å². The Labute approximate surface area is 314 Å². The Morgan fingerprint density at radius 1 is 0.759 bits per heavy atom. The first-order chi connectivity index (χ1) is 26.0. The number of aromatic nitrogens is 4. The summed E-state index contributed by atoms with van der Waals surface area (Å²) in [5, 5.41) is 5.37. The SMILES string of the molecule is COC(=O)N[C@H](C(=O)N1CCC[C@H]1c1ncc(C#Cc2ccc(-c3ccc4[nH]c([C@@H]5CCCN5C(=O)[C@@H](NC(=O)OC)C(C)C)nc4c3)cc2)[nH]1)C(C)C. The highest BCUT2D eigenvalue weighted by Crippen LogP contribution is 2.34. The van der Waals surface area contributed by atoms with Gasteiger partial charge in [0.1, 0.15) is 29.4 Å². The number of carbonyl (C=O) groups is 4. The van der Waals surface area contributed by atoms with Crippen molar-refractivity contribution in [1.29, 1.82) is 0 Å². The van der Waals surface area contributed by atoms with E-state index in [4.69, 9.17) is 14.5 Å². The molecule has 2 fully saturated rings. The summed E-state index contributed by atoms with van der Waals surface area (Å²) >= 11 is 0. The molecule has 2 aromatic carbocycles. The molecule has 0 bridgehead atoms. The van der Waals surface area contributed by atoms with Gasteiger partial charge in [-0.25, -0.2) is 19.6 Å². The number of imidazole rings is 2. The van der Waals surface area contributed by atoms with Crippen molar-refractivity contribution in [3.8, 4) is 23.0 Å². The van der Waals surface area contributed by atoms with Crippen LogP contribution >= 0.6 is 0 Å². The number of H-pyrrole nitrogens is 2. The number of aromatic amines is 2. The minimum atomic E-state index is -0.698. The number of hydrogen-bond donors (Lipinski definition) is 4. The molecule has 2 aliphatic heterocycles. The molecule has 0 saturated carbocycles. The quantitative estimate of drug-likeness (QED) is 0.164. The van der Waals surface area contributed by atoms with Gasteiger partial charge in [0.15, 0.2) is 0 Å². The Bertz CT molecular complexity index is 2060. The molecule has 4 atom stereocenters. The molecule has 0 unspecified atom stereocenters. The van der Waals surface area contributed by atoms with Gasteiger partial charge in [0.05, 0.1) is 43.5 Å². The smallest absolute Gasteiger partial charge is 0.407 e. The first-order valence-electron chi connectivity index (χ1n) is 18.4. The van der Waals surface area contributed by atoms with E-state index in [-0.39, 0.29) is 35.7 Å². The maximum atomic E-state index is 13.6. The number of rotatable bonds is 9. The predicted octanol–water partition coefficient (Wildman–Crippen LogP) is 5.44. The normalized spacial score (nSPS) is 18.0. The van der Waals surface area contributed by atoms with Crippen LogP contribution in [0, 0.1) is 23.7 Å². The van der Waals surface area contributed by atoms with Gasteiger partial charge in [0.2, 0.25) is 11.8 Å². The van der Waals surface area contributed by atoms with E-state index in [1.165, 1.54) is 14.2 Å². The van der Waals surface area contributed by atoms with Gasteiger partial charge in [-0.15, -0.1) is 0 Å². The van der Waals surface area contributed by atoms with Crippen LogP contribution in [0.4, 0.5) is 9.59 Å². The number of alkyl carbamates (subject to hydrolysis) is 2. The van der Waals surface area contributed by atoms with Crippen molar-refractivity contribution in [3.63, 3.8) is 0 Å². The molecule has 4 N–H and O–H groups in total. The van der Waals surface area contributed by atoms with E-state index in [9.17, 15) is 19.2 Å². The molecule has 2 saturated heterocycles. The van der Waals surface area contributed by atoms with Crippen LogP contribution in [0.1, 0.15) is 88.4 Å². The third-order valence-electron chi connectivity index (χ3n) is 10.1. The van der Waals surface area contributed by atoms with E-state index in [1.807, 2.05) is 75.1 Å². The number of likely N-dealkylation sites (tertiary alicyclic amines) is 2. The van der Waals surface area contributed by atoms with Crippen molar-refractivity contribution in [2.24, 2.45) is 11.8 Å². The highest BCUT2D eigenvalue weighted by Gasteiger charge is 2.39.